The zero-order chi connectivity index (χ0) is 17.2. The van der Waals surface area contributed by atoms with E-state index < -0.39 is 10.0 Å². The van der Waals surface area contributed by atoms with Crippen LogP contribution in [0.15, 0.2) is 50.8 Å². The number of hydrogen-bond acceptors (Lipinski definition) is 5. The predicted molar refractivity (Wildman–Crippen MR) is 92.6 cm³/mol. The Labute approximate surface area is 145 Å². The van der Waals surface area contributed by atoms with E-state index in [1.807, 2.05) is 6.92 Å². The Morgan fingerprint density at radius 1 is 1.38 bits per heavy atom. The maximum Gasteiger partial charge on any atom is 0.240 e. The van der Waals surface area contributed by atoms with Crippen LogP contribution in [0.3, 0.4) is 0 Å². The third-order valence-corrected chi connectivity index (χ3v) is 6.22. The molecule has 3 rings (SSSR count). The third kappa shape index (κ3) is 4.00. The van der Waals surface area contributed by atoms with Gasteiger partial charge in [0.2, 0.25) is 15.9 Å². The molecule has 6 nitrogen and oxygen atoms in total. The van der Waals surface area contributed by atoms with Crippen molar-refractivity contribution in [3.63, 3.8) is 0 Å². The molecule has 2 N–H and O–H groups in total. The zero-order valence-corrected chi connectivity index (χ0v) is 14.7. The Kier molecular flexibility index (Phi) is 4.98. The second-order valence-corrected chi connectivity index (χ2v) is 8.81. The third-order valence-electron chi connectivity index (χ3n) is 3.58. The van der Waals surface area contributed by atoms with Crippen molar-refractivity contribution in [3.8, 4) is 0 Å². The number of sulfonamides is 1. The summed E-state index contributed by atoms with van der Waals surface area (Å²) >= 11 is 1.56. The molecule has 1 unspecified atom stereocenters. The number of rotatable bonds is 5. The Balaban J connectivity index is 1.75. The van der Waals surface area contributed by atoms with E-state index in [-0.39, 0.29) is 22.6 Å². The van der Waals surface area contributed by atoms with Crippen molar-refractivity contribution in [1.82, 2.24) is 4.72 Å². The molecule has 128 valence electrons. The summed E-state index contributed by atoms with van der Waals surface area (Å²) in [6.45, 7) is 2.21. The first kappa shape index (κ1) is 17.1. The number of carbonyl (C=O) groups excluding carboxylic acids is 1. The molecule has 1 aliphatic heterocycles. The van der Waals surface area contributed by atoms with Crippen molar-refractivity contribution in [3.05, 3.63) is 42.4 Å². The van der Waals surface area contributed by atoms with Gasteiger partial charge in [0.05, 0.1) is 16.8 Å². The molecular weight excluding hydrogens is 348 g/mol. The highest BCUT2D eigenvalue weighted by Gasteiger charge is 2.22. The van der Waals surface area contributed by atoms with Crippen LogP contribution >= 0.6 is 11.8 Å². The molecular formula is C16H18N2O4S2. The Morgan fingerprint density at radius 3 is 2.96 bits per heavy atom. The largest absolute Gasteiger partial charge is 0.469 e. The molecule has 0 radical (unpaired) electrons. The highest BCUT2D eigenvalue weighted by atomic mass is 32.2. The van der Waals surface area contributed by atoms with Gasteiger partial charge in [-0.1, -0.05) is 6.92 Å². The van der Waals surface area contributed by atoms with Crippen molar-refractivity contribution in [2.24, 2.45) is 0 Å². The number of fused-ring (bicyclic) bond motifs is 1. The van der Waals surface area contributed by atoms with Crippen LogP contribution in [-0.2, 0) is 21.2 Å². The molecule has 1 aliphatic rings. The van der Waals surface area contributed by atoms with Crippen LogP contribution in [-0.4, -0.2) is 26.1 Å². The fourth-order valence-corrected chi connectivity index (χ4v) is 4.55. The van der Waals surface area contributed by atoms with Gasteiger partial charge in [-0.15, -0.1) is 11.8 Å². The lowest BCUT2D eigenvalue weighted by Crippen LogP contribution is -2.26. The number of hydrogen-bond donors (Lipinski definition) is 2. The minimum Gasteiger partial charge on any atom is -0.469 e. The lowest BCUT2D eigenvalue weighted by Gasteiger charge is -2.11. The number of benzene rings is 1. The quantitative estimate of drug-likeness (QED) is 0.849. The van der Waals surface area contributed by atoms with E-state index in [9.17, 15) is 13.2 Å². The standard InChI is InChI=1S/C16H18N2O4S2/c1-11-9-16(19)18-14-10-13(4-5-15(14)23-11)24(20,21)17-7-6-12-3-2-8-22-12/h2-5,8,10-11,17H,6-7,9H2,1H3,(H,18,19). The lowest BCUT2D eigenvalue weighted by molar-refractivity contribution is -0.116. The molecule has 24 heavy (non-hydrogen) atoms. The summed E-state index contributed by atoms with van der Waals surface area (Å²) in [4.78, 5) is 12.8. The van der Waals surface area contributed by atoms with Gasteiger partial charge in [0.1, 0.15) is 5.76 Å². The van der Waals surface area contributed by atoms with Crippen molar-refractivity contribution in [1.29, 1.82) is 0 Å². The van der Waals surface area contributed by atoms with Crippen LogP contribution in [0.2, 0.25) is 0 Å². The average Bonchev–Trinajstić information content (AvgIpc) is 2.96. The van der Waals surface area contributed by atoms with Gasteiger partial charge in [-0.3, -0.25) is 4.79 Å². The smallest absolute Gasteiger partial charge is 0.240 e. The molecule has 1 amide bonds. The van der Waals surface area contributed by atoms with Gasteiger partial charge in [-0.2, -0.15) is 0 Å². The first-order chi connectivity index (χ1) is 11.4. The first-order valence-electron chi connectivity index (χ1n) is 7.56. The molecule has 0 saturated heterocycles. The van der Waals surface area contributed by atoms with Gasteiger partial charge in [0, 0.05) is 29.5 Å². The van der Waals surface area contributed by atoms with Crippen molar-refractivity contribution in [2.75, 3.05) is 11.9 Å². The van der Waals surface area contributed by atoms with E-state index in [2.05, 4.69) is 10.0 Å². The summed E-state index contributed by atoms with van der Waals surface area (Å²) in [6, 6.07) is 8.37. The molecule has 1 atom stereocenters. The summed E-state index contributed by atoms with van der Waals surface area (Å²) in [6.07, 6.45) is 2.43. The van der Waals surface area contributed by atoms with E-state index in [1.54, 1.807) is 42.3 Å². The topological polar surface area (TPSA) is 88.4 Å². The highest BCUT2D eigenvalue weighted by molar-refractivity contribution is 8.00. The van der Waals surface area contributed by atoms with Gasteiger partial charge in [0.15, 0.2) is 0 Å². The summed E-state index contributed by atoms with van der Waals surface area (Å²) in [5, 5.41) is 2.93. The molecule has 2 aromatic rings. The monoisotopic (exact) mass is 366 g/mol. The summed E-state index contributed by atoms with van der Waals surface area (Å²) in [5.74, 6) is 0.617. The van der Waals surface area contributed by atoms with E-state index in [4.69, 9.17) is 4.42 Å². The number of furan rings is 1. The predicted octanol–water partition coefficient (Wildman–Crippen LogP) is 2.62. The summed E-state index contributed by atoms with van der Waals surface area (Å²) < 4.78 is 32.6. The minimum atomic E-state index is -3.64. The van der Waals surface area contributed by atoms with Crippen LogP contribution in [0.5, 0.6) is 0 Å². The molecule has 0 bridgehead atoms. The Morgan fingerprint density at radius 2 is 2.21 bits per heavy atom. The van der Waals surface area contributed by atoms with Crippen LogP contribution in [0.4, 0.5) is 5.69 Å². The van der Waals surface area contributed by atoms with Crippen LogP contribution in [0, 0.1) is 0 Å². The SMILES string of the molecule is CC1CC(=O)Nc2cc(S(=O)(=O)NCCc3ccco3)ccc2S1. The molecule has 2 heterocycles. The van der Waals surface area contributed by atoms with E-state index in [0.717, 1.165) is 10.7 Å². The van der Waals surface area contributed by atoms with Gasteiger partial charge >= 0.3 is 0 Å². The number of carbonyl (C=O) groups is 1. The highest BCUT2D eigenvalue weighted by Crippen LogP contribution is 2.36. The van der Waals surface area contributed by atoms with Gasteiger partial charge in [-0.05, 0) is 30.3 Å². The molecule has 1 aromatic heterocycles. The van der Waals surface area contributed by atoms with Crippen molar-refractivity contribution in [2.45, 2.75) is 34.8 Å². The fourth-order valence-electron chi connectivity index (χ4n) is 2.44. The fraction of sp³-hybridized carbons (Fsp3) is 0.312. The van der Waals surface area contributed by atoms with Crippen molar-refractivity contribution >= 4 is 33.4 Å². The molecule has 0 aliphatic carbocycles. The molecule has 0 saturated carbocycles. The summed E-state index contributed by atoms with van der Waals surface area (Å²) in [7, 11) is -3.64. The maximum atomic E-state index is 12.4. The van der Waals surface area contributed by atoms with Crippen molar-refractivity contribution < 1.29 is 17.6 Å². The van der Waals surface area contributed by atoms with Gasteiger partial charge in [0.25, 0.3) is 0 Å². The van der Waals surface area contributed by atoms with Gasteiger partial charge in [-0.25, -0.2) is 13.1 Å². The molecule has 0 fully saturated rings. The van der Waals surface area contributed by atoms with E-state index in [1.165, 1.54) is 6.07 Å². The average molecular weight is 366 g/mol. The molecule has 1 aromatic carbocycles. The van der Waals surface area contributed by atoms with Crippen LogP contribution in [0.1, 0.15) is 19.1 Å². The maximum absolute atomic E-state index is 12.4. The lowest BCUT2D eigenvalue weighted by atomic mass is 10.3. The molecule has 0 spiro atoms. The normalized spacial score (nSPS) is 17.9. The number of thioether (sulfide) groups is 1. The number of nitrogens with one attached hydrogen (secondary N) is 2. The Bertz CT molecular complexity index is 832. The minimum absolute atomic E-state index is 0.103. The molecule has 8 heteroatoms. The van der Waals surface area contributed by atoms with Crippen LogP contribution < -0.4 is 10.0 Å². The van der Waals surface area contributed by atoms with E-state index >= 15 is 0 Å². The summed E-state index contributed by atoms with van der Waals surface area (Å²) in [5.41, 5.74) is 0.545. The van der Waals surface area contributed by atoms with E-state index in [0.29, 0.717) is 18.5 Å². The second-order valence-electron chi connectivity index (χ2n) is 5.57. The number of amides is 1. The Hall–Kier alpha value is -1.77. The number of anilines is 1. The van der Waals surface area contributed by atoms with Gasteiger partial charge < -0.3 is 9.73 Å². The first-order valence-corrected chi connectivity index (χ1v) is 9.93. The second kappa shape index (κ2) is 7.00. The van der Waals surface area contributed by atoms with Crippen LogP contribution in [0.25, 0.3) is 0 Å². The zero-order valence-electron chi connectivity index (χ0n) is 13.1.